The van der Waals surface area contributed by atoms with E-state index in [0.29, 0.717) is 28.9 Å². The van der Waals surface area contributed by atoms with Gasteiger partial charge in [0.2, 0.25) is 0 Å². The summed E-state index contributed by atoms with van der Waals surface area (Å²) in [5.41, 5.74) is 0. The first-order valence-electron chi connectivity index (χ1n) is 7.51. The number of ether oxygens (including phenoxy) is 2. The molecule has 0 aliphatic carbocycles. The molecule has 1 aromatic rings. The van der Waals surface area contributed by atoms with Gasteiger partial charge in [-0.2, -0.15) is 0 Å². The van der Waals surface area contributed by atoms with Gasteiger partial charge in [0.15, 0.2) is 6.10 Å². The molecule has 1 unspecified atom stereocenters. The smallest absolute Gasteiger partial charge is 0.260 e. The number of carbonyl (C=O) groups excluding carboxylic acids is 1. The first-order valence-corrected chi connectivity index (χ1v) is 8.27. The van der Waals surface area contributed by atoms with Gasteiger partial charge in [0.25, 0.3) is 5.91 Å². The van der Waals surface area contributed by atoms with Crippen molar-refractivity contribution in [1.29, 1.82) is 0 Å². The molecule has 22 heavy (non-hydrogen) atoms. The van der Waals surface area contributed by atoms with E-state index in [1.807, 2.05) is 0 Å². The zero-order valence-electron chi connectivity index (χ0n) is 13.0. The SMILES string of the molecule is CCCCOCCCNC(=O)C(C)Oc1ccc(Cl)cc1Cl. The van der Waals surface area contributed by atoms with Crippen molar-refractivity contribution in [1.82, 2.24) is 5.32 Å². The minimum absolute atomic E-state index is 0.181. The number of hydrogen-bond donors (Lipinski definition) is 1. The maximum absolute atomic E-state index is 11.9. The molecule has 0 aliphatic heterocycles. The average Bonchev–Trinajstić information content (AvgIpc) is 2.48. The molecule has 0 aliphatic rings. The van der Waals surface area contributed by atoms with Crippen LogP contribution in [0, 0.1) is 0 Å². The second-order valence-electron chi connectivity index (χ2n) is 4.95. The fraction of sp³-hybridized carbons (Fsp3) is 0.562. The van der Waals surface area contributed by atoms with Crippen LogP contribution in [0.1, 0.15) is 33.1 Å². The van der Waals surface area contributed by atoms with E-state index >= 15 is 0 Å². The summed E-state index contributed by atoms with van der Waals surface area (Å²) in [5.74, 6) is 0.260. The zero-order valence-corrected chi connectivity index (χ0v) is 14.5. The third-order valence-corrected chi connectivity index (χ3v) is 3.50. The first-order chi connectivity index (χ1) is 10.5. The lowest BCUT2D eigenvalue weighted by molar-refractivity contribution is -0.127. The van der Waals surface area contributed by atoms with Crippen LogP contribution in [0.3, 0.4) is 0 Å². The second kappa shape index (κ2) is 10.7. The van der Waals surface area contributed by atoms with Crippen LogP contribution in [-0.2, 0) is 9.53 Å². The Labute approximate surface area is 142 Å². The van der Waals surface area contributed by atoms with Crippen LogP contribution in [0.5, 0.6) is 5.75 Å². The number of unbranched alkanes of at least 4 members (excludes halogenated alkanes) is 1. The fourth-order valence-electron chi connectivity index (χ4n) is 1.69. The highest BCUT2D eigenvalue weighted by Crippen LogP contribution is 2.28. The van der Waals surface area contributed by atoms with Crippen molar-refractivity contribution in [2.75, 3.05) is 19.8 Å². The van der Waals surface area contributed by atoms with Crippen LogP contribution < -0.4 is 10.1 Å². The fourth-order valence-corrected chi connectivity index (χ4v) is 2.15. The molecule has 0 radical (unpaired) electrons. The average molecular weight is 348 g/mol. The highest BCUT2D eigenvalue weighted by atomic mass is 35.5. The number of halogens is 2. The van der Waals surface area contributed by atoms with E-state index in [1.54, 1.807) is 25.1 Å². The zero-order chi connectivity index (χ0) is 16.4. The highest BCUT2D eigenvalue weighted by molar-refractivity contribution is 6.35. The molecule has 0 bridgehead atoms. The molecular weight excluding hydrogens is 325 g/mol. The number of carbonyl (C=O) groups is 1. The van der Waals surface area contributed by atoms with Crippen molar-refractivity contribution < 1.29 is 14.3 Å². The van der Waals surface area contributed by atoms with Crippen molar-refractivity contribution in [3.63, 3.8) is 0 Å². The lowest BCUT2D eigenvalue weighted by atomic mass is 10.3. The molecule has 1 aromatic carbocycles. The van der Waals surface area contributed by atoms with Gasteiger partial charge in [-0.05, 0) is 38.0 Å². The topological polar surface area (TPSA) is 47.6 Å². The summed E-state index contributed by atoms with van der Waals surface area (Å²) in [6, 6.07) is 4.90. The van der Waals surface area contributed by atoms with Crippen molar-refractivity contribution in [3.8, 4) is 5.75 Å². The van der Waals surface area contributed by atoms with Crippen molar-refractivity contribution in [2.24, 2.45) is 0 Å². The van der Waals surface area contributed by atoms with E-state index in [4.69, 9.17) is 32.7 Å². The van der Waals surface area contributed by atoms with E-state index in [2.05, 4.69) is 12.2 Å². The van der Waals surface area contributed by atoms with Gasteiger partial charge in [-0.1, -0.05) is 36.5 Å². The number of benzene rings is 1. The summed E-state index contributed by atoms with van der Waals surface area (Å²) in [7, 11) is 0. The van der Waals surface area contributed by atoms with Crippen LogP contribution in [0.2, 0.25) is 10.0 Å². The third-order valence-electron chi connectivity index (χ3n) is 2.97. The highest BCUT2D eigenvalue weighted by Gasteiger charge is 2.15. The maximum atomic E-state index is 11.9. The van der Waals surface area contributed by atoms with Crippen molar-refractivity contribution >= 4 is 29.1 Å². The molecule has 4 nitrogen and oxygen atoms in total. The quantitative estimate of drug-likeness (QED) is 0.648. The Morgan fingerprint density at radius 3 is 2.68 bits per heavy atom. The van der Waals surface area contributed by atoms with Gasteiger partial charge in [0.05, 0.1) is 5.02 Å². The van der Waals surface area contributed by atoms with Gasteiger partial charge in [-0.15, -0.1) is 0 Å². The van der Waals surface area contributed by atoms with E-state index in [1.165, 1.54) is 0 Å². The van der Waals surface area contributed by atoms with Crippen molar-refractivity contribution in [2.45, 2.75) is 39.2 Å². The lowest BCUT2D eigenvalue weighted by Crippen LogP contribution is -2.37. The minimum Gasteiger partial charge on any atom is -0.479 e. The lowest BCUT2D eigenvalue weighted by Gasteiger charge is -2.15. The molecular formula is C16H23Cl2NO3. The second-order valence-corrected chi connectivity index (χ2v) is 5.79. The third kappa shape index (κ3) is 7.34. The van der Waals surface area contributed by atoms with E-state index in [9.17, 15) is 4.79 Å². The molecule has 0 fully saturated rings. The number of amides is 1. The van der Waals surface area contributed by atoms with E-state index in [0.717, 1.165) is 25.9 Å². The summed E-state index contributed by atoms with van der Waals surface area (Å²) < 4.78 is 11.0. The molecule has 1 amide bonds. The van der Waals surface area contributed by atoms with Crippen LogP contribution in [0.25, 0.3) is 0 Å². The van der Waals surface area contributed by atoms with Crippen LogP contribution in [-0.4, -0.2) is 31.8 Å². The van der Waals surface area contributed by atoms with Crippen LogP contribution in [0.4, 0.5) is 0 Å². The Kier molecular flexibility index (Phi) is 9.28. The molecule has 0 spiro atoms. The van der Waals surface area contributed by atoms with Gasteiger partial charge in [-0.3, -0.25) is 4.79 Å². The monoisotopic (exact) mass is 347 g/mol. The van der Waals surface area contributed by atoms with Crippen molar-refractivity contribution in [3.05, 3.63) is 28.2 Å². The van der Waals surface area contributed by atoms with Gasteiger partial charge in [0.1, 0.15) is 5.75 Å². The summed E-state index contributed by atoms with van der Waals surface area (Å²) in [5, 5.41) is 3.72. The Bertz CT molecular complexity index is 469. The Hall–Kier alpha value is -0.970. The molecule has 1 atom stereocenters. The van der Waals surface area contributed by atoms with Gasteiger partial charge >= 0.3 is 0 Å². The molecule has 0 saturated carbocycles. The molecule has 1 rings (SSSR count). The minimum atomic E-state index is -0.625. The molecule has 6 heteroatoms. The Morgan fingerprint density at radius 1 is 1.27 bits per heavy atom. The molecule has 0 aromatic heterocycles. The molecule has 0 saturated heterocycles. The Morgan fingerprint density at radius 2 is 2.00 bits per heavy atom. The standard InChI is InChI=1S/C16H23Cl2NO3/c1-3-4-9-21-10-5-8-19-16(20)12(2)22-15-7-6-13(17)11-14(15)18/h6-7,11-12H,3-5,8-10H2,1-2H3,(H,19,20). The van der Waals surface area contributed by atoms with E-state index < -0.39 is 6.10 Å². The van der Waals surface area contributed by atoms with Crippen LogP contribution in [0.15, 0.2) is 18.2 Å². The molecule has 1 N–H and O–H groups in total. The number of hydrogen-bond acceptors (Lipinski definition) is 3. The predicted molar refractivity (Wildman–Crippen MR) is 89.9 cm³/mol. The normalized spacial score (nSPS) is 12.0. The summed E-state index contributed by atoms with van der Waals surface area (Å²) in [6.07, 6.45) is 2.35. The maximum Gasteiger partial charge on any atom is 0.260 e. The molecule has 124 valence electrons. The van der Waals surface area contributed by atoms with Gasteiger partial charge in [-0.25, -0.2) is 0 Å². The van der Waals surface area contributed by atoms with Gasteiger partial charge in [0, 0.05) is 24.8 Å². The first kappa shape index (κ1) is 19.1. The summed E-state index contributed by atoms with van der Waals surface area (Å²) in [6.45, 7) is 5.79. The molecule has 0 heterocycles. The summed E-state index contributed by atoms with van der Waals surface area (Å²) >= 11 is 11.8. The van der Waals surface area contributed by atoms with E-state index in [-0.39, 0.29) is 5.91 Å². The number of nitrogens with one attached hydrogen (secondary N) is 1. The predicted octanol–water partition coefficient (Wildman–Crippen LogP) is 4.08. The number of rotatable bonds is 10. The van der Waals surface area contributed by atoms with Crippen LogP contribution >= 0.6 is 23.2 Å². The largest absolute Gasteiger partial charge is 0.479 e. The van der Waals surface area contributed by atoms with Gasteiger partial charge < -0.3 is 14.8 Å². The Balaban J connectivity index is 2.24. The summed E-state index contributed by atoms with van der Waals surface area (Å²) in [4.78, 5) is 11.9.